The van der Waals surface area contributed by atoms with Crippen LogP contribution in [0.1, 0.15) is 16.7 Å². The first kappa shape index (κ1) is 18.8. The lowest BCUT2D eigenvalue weighted by Crippen LogP contribution is -2.06. The second-order valence-corrected chi connectivity index (χ2v) is 6.33. The number of methoxy groups -OCH3 is 1. The average molecular weight is 381 g/mol. The highest BCUT2D eigenvalue weighted by molar-refractivity contribution is 6.30. The molecule has 0 saturated heterocycles. The predicted molar refractivity (Wildman–Crippen MR) is 110 cm³/mol. The average Bonchev–Trinajstić information content (AvgIpc) is 2.71. The van der Waals surface area contributed by atoms with E-state index in [1.54, 1.807) is 13.3 Å². The van der Waals surface area contributed by atoms with Gasteiger partial charge in [-0.15, -0.1) is 0 Å². The van der Waals surface area contributed by atoms with Crippen molar-refractivity contribution in [2.45, 2.75) is 13.2 Å². The van der Waals surface area contributed by atoms with E-state index in [9.17, 15) is 0 Å². The van der Waals surface area contributed by atoms with Crippen molar-refractivity contribution in [3.8, 4) is 11.5 Å². The first-order chi connectivity index (χ1) is 13.2. The highest BCUT2D eigenvalue weighted by Crippen LogP contribution is 2.17. The van der Waals surface area contributed by atoms with Gasteiger partial charge in [0.25, 0.3) is 0 Å². The summed E-state index contributed by atoms with van der Waals surface area (Å²) in [4.78, 5) is 0. The van der Waals surface area contributed by atoms with Crippen LogP contribution in [0.2, 0.25) is 5.02 Å². The van der Waals surface area contributed by atoms with Gasteiger partial charge in [0.05, 0.1) is 19.9 Å². The Morgan fingerprint density at radius 3 is 2.63 bits per heavy atom. The molecule has 3 aromatic carbocycles. The lowest BCUT2D eigenvalue weighted by molar-refractivity contribution is 0.306. The fourth-order valence-electron chi connectivity index (χ4n) is 2.53. The molecule has 138 valence electrons. The molecule has 0 heterocycles. The number of halogens is 1. The number of benzene rings is 3. The monoisotopic (exact) mass is 380 g/mol. The summed E-state index contributed by atoms with van der Waals surface area (Å²) in [6.07, 6.45) is 1.77. The van der Waals surface area contributed by atoms with Gasteiger partial charge in [-0.1, -0.05) is 54.1 Å². The molecular weight excluding hydrogens is 360 g/mol. The molecule has 0 aromatic heterocycles. The van der Waals surface area contributed by atoms with Gasteiger partial charge in [-0.3, -0.25) is 0 Å². The Morgan fingerprint density at radius 1 is 1.00 bits per heavy atom. The number of hydrazone groups is 1. The van der Waals surface area contributed by atoms with E-state index in [2.05, 4.69) is 10.5 Å². The third-order valence-electron chi connectivity index (χ3n) is 3.94. The molecule has 0 radical (unpaired) electrons. The molecule has 0 fully saturated rings. The zero-order valence-corrected chi connectivity index (χ0v) is 15.8. The zero-order valence-electron chi connectivity index (χ0n) is 15.1. The molecule has 0 aliphatic rings. The fourth-order valence-corrected chi connectivity index (χ4v) is 2.66. The molecule has 0 atom stereocenters. The summed E-state index contributed by atoms with van der Waals surface area (Å²) in [5.41, 5.74) is 6.12. The molecule has 0 unspecified atom stereocenters. The van der Waals surface area contributed by atoms with E-state index in [-0.39, 0.29) is 0 Å². The summed E-state index contributed by atoms with van der Waals surface area (Å²) >= 11 is 5.90. The lowest BCUT2D eigenvalue weighted by atomic mass is 10.2. The summed E-state index contributed by atoms with van der Waals surface area (Å²) in [5.74, 6) is 1.64. The molecule has 0 bridgehead atoms. The normalized spacial score (nSPS) is 10.7. The molecule has 0 aliphatic heterocycles. The number of nitrogens with one attached hydrogen (secondary N) is 1. The van der Waals surface area contributed by atoms with Crippen LogP contribution in [0.5, 0.6) is 11.5 Å². The summed E-state index contributed by atoms with van der Waals surface area (Å²) in [5, 5.41) is 5.00. The van der Waals surface area contributed by atoms with E-state index in [1.165, 1.54) is 0 Å². The van der Waals surface area contributed by atoms with Gasteiger partial charge < -0.3 is 14.9 Å². The Bertz CT molecular complexity index is 895. The van der Waals surface area contributed by atoms with Gasteiger partial charge >= 0.3 is 0 Å². The number of nitrogens with zero attached hydrogens (tertiary/aromatic N) is 1. The number of hydrogen-bond donors (Lipinski definition) is 1. The van der Waals surface area contributed by atoms with Crippen molar-refractivity contribution in [3.63, 3.8) is 0 Å². The Balaban J connectivity index is 1.53. The standard InChI is InChI=1S/C22H21ClN2O2/c1-26-22-8-3-2-6-19(22)15-25-24-14-18-5-4-7-21(13-18)27-16-17-9-11-20(23)12-10-17/h2-14,25H,15-16H2,1H3/b24-14-. The second-order valence-electron chi connectivity index (χ2n) is 5.89. The molecule has 4 nitrogen and oxygen atoms in total. The summed E-state index contributed by atoms with van der Waals surface area (Å²) in [6, 6.07) is 23.3. The fraction of sp³-hybridized carbons (Fsp3) is 0.136. The number of hydrogen-bond acceptors (Lipinski definition) is 4. The number of ether oxygens (including phenoxy) is 2. The molecule has 3 aromatic rings. The highest BCUT2D eigenvalue weighted by atomic mass is 35.5. The number of rotatable bonds is 8. The van der Waals surface area contributed by atoms with E-state index in [0.717, 1.165) is 33.2 Å². The van der Waals surface area contributed by atoms with E-state index in [0.29, 0.717) is 13.2 Å². The first-order valence-corrected chi connectivity index (χ1v) is 8.97. The van der Waals surface area contributed by atoms with Gasteiger partial charge in [-0.25, -0.2) is 0 Å². The van der Waals surface area contributed by atoms with Crippen molar-refractivity contribution in [2.75, 3.05) is 7.11 Å². The van der Waals surface area contributed by atoms with Crippen molar-refractivity contribution in [1.29, 1.82) is 0 Å². The van der Waals surface area contributed by atoms with Crippen LogP contribution in [0.15, 0.2) is 77.9 Å². The molecule has 0 amide bonds. The van der Waals surface area contributed by atoms with Gasteiger partial charge in [0.1, 0.15) is 18.1 Å². The van der Waals surface area contributed by atoms with E-state index >= 15 is 0 Å². The van der Waals surface area contributed by atoms with Crippen LogP contribution in [0.25, 0.3) is 0 Å². The highest BCUT2D eigenvalue weighted by Gasteiger charge is 2.00. The van der Waals surface area contributed by atoms with Crippen LogP contribution in [0.3, 0.4) is 0 Å². The van der Waals surface area contributed by atoms with E-state index in [4.69, 9.17) is 21.1 Å². The molecule has 5 heteroatoms. The second kappa shape index (κ2) is 9.64. The SMILES string of the molecule is COc1ccccc1CN/N=C\c1cccc(OCc2ccc(Cl)cc2)c1. The minimum absolute atomic E-state index is 0.490. The molecule has 3 rings (SSSR count). The van der Waals surface area contributed by atoms with Crippen molar-refractivity contribution in [1.82, 2.24) is 5.43 Å². The van der Waals surface area contributed by atoms with E-state index in [1.807, 2.05) is 72.8 Å². The third kappa shape index (κ3) is 5.76. The maximum Gasteiger partial charge on any atom is 0.123 e. The predicted octanol–water partition coefficient (Wildman–Crippen LogP) is 5.05. The summed E-state index contributed by atoms with van der Waals surface area (Å²) < 4.78 is 11.2. The third-order valence-corrected chi connectivity index (χ3v) is 4.20. The molecule has 0 spiro atoms. The minimum Gasteiger partial charge on any atom is -0.496 e. The van der Waals surface area contributed by atoms with Crippen LogP contribution in [0.4, 0.5) is 0 Å². The first-order valence-electron chi connectivity index (χ1n) is 8.60. The van der Waals surface area contributed by atoms with Crippen LogP contribution in [-0.2, 0) is 13.2 Å². The molecule has 1 N–H and O–H groups in total. The van der Waals surface area contributed by atoms with Gasteiger partial charge in [-0.2, -0.15) is 5.10 Å². The Morgan fingerprint density at radius 2 is 1.81 bits per heavy atom. The number of para-hydroxylation sites is 1. The van der Waals surface area contributed by atoms with Crippen molar-refractivity contribution in [3.05, 3.63) is 94.5 Å². The minimum atomic E-state index is 0.490. The molecule has 0 saturated carbocycles. The quantitative estimate of drug-likeness (QED) is 0.439. The molecule has 27 heavy (non-hydrogen) atoms. The molecule has 0 aliphatic carbocycles. The lowest BCUT2D eigenvalue weighted by Gasteiger charge is -2.08. The van der Waals surface area contributed by atoms with Gasteiger partial charge in [0, 0.05) is 10.6 Å². The maximum atomic E-state index is 5.90. The van der Waals surface area contributed by atoms with Gasteiger partial charge in [-0.05, 0) is 41.5 Å². The van der Waals surface area contributed by atoms with Crippen molar-refractivity contribution in [2.24, 2.45) is 5.10 Å². The van der Waals surface area contributed by atoms with Crippen LogP contribution < -0.4 is 14.9 Å². The van der Waals surface area contributed by atoms with Crippen LogP contribution >= 0.6 is 11.6 Å². The largest absolute Gasteiger partial charge is 0.496 e. The van der Waals surface area contributed by atoms with Gasteiger partial charge in [0.15, 0.2) is 0 Å². The summed E-state index contributed by atoms with van der Waals surface area (Å²) in [6.45, 7) is 1.08. The zero-order chi connectivity index (χ0) is 18.9. The topological polar surface area (TPSA) is 42.8 Å². The van der Waals surface area contributed by atoms with Crippen molar-refractivity contribution < 1.29 is 9.47 Å². The van der Waals surface area contributed by atoms with Crippen LogP contribution in [0, 0.1) is 0 Å². The Hall–Kier alpha value is -2.98. The Labute approximate surface area is 164 Å². The molecular formula is C22H21ClN2O2. The van der Waals surface area contributed by atoms with Crippen molar-refractivity contribution >= 4 is 17.8 Å². The summed E-state index contributed by atoms with van der Waals surface area (Å²) in [7, 11) is 1.66. The smallest absolute Gasteiger partial charge is 0.123 e. The maximum absolute atomic E-state index is 5.90. The van der Waals surface area contributed by atoms with E-state index < -0.39 is 0 Å². The van der Waals surface area contributed by atoms with Gasteiger partial charge in [0.2, 0.25) is 0 Å². The van der Waals surface area contributed by atoms with Crippen LogP contribution in [-0.4, -0.2) is 13.3 Å². The Kier molecular flexibility index (Phi) is 6.72.